The summed E-state index contributed by atoms with van der Waals surface area (Å²) in [6.07, 6.45) is 0.553. The second kappa shape index (κ2) is 8.34. The van der Waals surface area contributed by atoms with Crippen LogP contribution in [0.15, 0.2) is 40.1 Å². The van der Waals surface area contributed by atoms with Crippen molar-refractivity contribution in [3.63, 3.8) is 0 Å². The Morgan fingerprint density at radius 3 is 2.55 bits per heavy atom. The highest BCUT2D eigenvalue weighted by atomic mass is 16.5. The second-order valence-electron chi connectivity index (χ2n) is 6.90. The van der Waals surface area contributed by atoms with Gasteiger partial charge in [-0.05, 0) is 23.6 Å². The van der Waals surface area contributed by atoms with Crippen molar-refractivity contribution in [3.8, 4) is 11.5 Å². The number of benzene rings is 1. The number of primary amides is 1. The number of amides is 1. The number of nitrogens with one attached hydrogen (secondary N) is 1. The highest BCUT2D eigenvalue weighted by Gasteiger charge is 2.29. The first-order valence-corrected chi connectivity index (χ1v) is 9.18. The predicted octanol–water partition coefficient (Wildman–Crippen LogP) is 0.735. The monoisotopic (exact) mass is 427 g/mol. The Labute approximate surface area is 175 Å². The lowest BCUT2D eigenvalue weighted by Crippen LogP contribution is -2.30. The van der Waals surface area contributed by atoms with Crippen molar-refractivity contribution in [3.05, 3.63) is 67.9 Å². The standard InChI is InChI=1S/C21H21N3O7/c1-24-15-7-11(30-2)5-4-10(15)6-13(20(24)28)12(8-16(22)25)17-18(26)14(21(29)31-3)9-23-19(17)27/h4-7,9,12H,8H2,1-3H3,(H2,22,25)(H2,23,26,27)/t12-/m1/s1. The van der Waals surface area contributed by atoms with Gasteiger partial charge in [0.15, 0.2) is 0 Å². The minimum absolute atomic E-state index is 0.0572. The molecule has 0 saturated heterocycles. The number of hydrogen-bond donors (Lipinski definition) is 3. The molecular weight excluding hydrogens is 406 g/mol. The normalized spacial score (nSPS) is 11.8. The van der Waals surface area contributed by atoms with Crippen LogP contribution in [0.25, 0.3) is 10.9 Å². The number of rotatable bonds is 6. The number of aromatic hydroxyl groups is 1. The number of aromatic amines is 1. The van der Waals surface area contributed by atoms with Crippen LogP contribution in [0.3, 0.4) is 0 Å². The average Bonchev–Trinajstić information content (AvgIpc) is 2.74. The molecule has 0 radical (unpaired) electrons. The van der Waals surface area contributed by atoms with Gasteiger partial charge in [-0.2, -0.15) is 0 Å². The third-order valence-corrected chi connectivity index (χ3v) is 5.10. The molecule has 10 nitrogen and oxygen atoms in total. The molecule has 162 valence electrons. The molecule has 31 heavy (non-hydrogen) atoms. The van der Waals surface area contributed by atoms with Crippen molar-refractivity contribution in [1.82, 2.24) is 9.55 Å². The Morgan fingerprint density at radius 2 is 1.94 bits per heavy atom. The molecular formula is C21H21N3O7. The largest absolute Gasteiger partial charge is 0.506 e. The van der Waals surface area contributed by atoms with Gasteiger partial charge in [-0.15, -0.1) is 0 Å². The van der Waals surface area contributed by atoms with Gasteiger partial charge in [-0.3, -0.25) is 14.4 Å². The zero-order valence-corrected chi connectivity index (χ0v) is 17.1. The lowest BCUT2D eigenvalue weighted by atomic mass is 9.87. The van der Waals surface area contributed by atoms with Crippen LogP contribution < -0.4 is 21.6 Å². The molecule has 1 aromatic carbocycles. The number of fused-ring (bicyclic) bond motifs is 1. The van der Waals surface area contributed by atoms with E-state index in [2.05, 4.69) is 9.72 Å². The van der Waals surface area contributed by atoms with Gasteiger partial charge < -0.3 is 29.9 Å². The van der Waals surface area contributed by atoms with E-state index in [-0.39, 0.29) is 16.7 Å². The SMILES string of the molecule is COC(=O)c1c[nH]c(=O)c([C@H](CC(N)=O)c2cc3ccc(OC)cc3n(C)c2=O)c1O. The van der Waals surface area contributed by atoms with Crippen LogP contribution in [0, 0.1) is 0 Å². The molecule has 1 atom stereocenters. The fourth-order valence-electron chi connectivity index (χ4n) is 3.54. The molecule has 0 fully saturated rings. The van der Waals surface area contributed by atoms with E-state index in [1.165, 1.54) is 24.8 Å². The summed E-state index contributed by atoms with van der Waals surface area (Å²) in [6.45, 7) is 0. The number of pyridine rings is 2. The van der Waals surface area contributed by atoms with Gasteiger partial charge in [0.25, 0.3) is 11.1 Å². The zero-order valence-electron chi connectivity index (χ0n) is 17.1. The number of aryl methyl sites for hydroxylation is 1. The van der Waals surface area contributed by atoms with Gasteiger partial charge in [0.05, 0.1) is 25.3 Å². The second-order valence-corrected chi connectivity index (χ2v) is 6.90. The van der Waals surface area contributed by atoms with Crippen LogP contribution in [-0.4, -0.2) is 40.8 Å². The number of H-pyrrole nitrogens is 1. The number of carbonyl (C=O) groups excluding carboxylic acids is 2. The summed E-state index contributed by atoms with van der Waals surface area (Å²) < 4.78 is 11.1. The Hall–Kier alpha value is -4.08. The molecule has 0 spiro atoms. The molecule has 0 aliphatic rings. The number of ether oxygens (including phenoxy) is 2. The maximum Gasteiger partial charge on any atom is 0.343 e. The fourth-order valence-corrected chi connectivity index (χ4v) is 3.54. The van der Waals surface area contributed by atoms with Crippen molar-refractivity contribution in [2.45, 2.75) is 12.3 Å². The lowest BCUT2D eigenvalue weighted by molar-refractivity contribution is -0.118. The smallest absolute Gasteiger partial charge is 0.343 e. The number of methoxy groups -OCH3 is 2. The molecule has 3 aromatic rings. The van der Waals surface area contributed by atoms with Gasteiger partial charge in [0, 0.05) is 37.2 Å². The number of carbonyl (C=O) groups is 2. The Morgan fingerprint density at radius 1 is 1.23 bits per heavy atom. The van der Waals surface area contributed by atoms with Crippen molar-refractivity contribution >= 4 is 22.8 Å². The van der Waals surface area contributed by atoms with Gasteiger partial charge in [0.1, 0.15) is 17.1 Å². The van der Waals surface area contributed by atoms with Crippen molar-refractivity contribution < 1.29 is 24.2 Å². The van der Waals surface area contributed by atoms with E-state index in [0.29, 0.717) is 16.7 Å². The predicted molar refractivity (Wildman–Crippen MR) is 111 cm³/mol. The number of nitrogens with zero attached hydrogens (tertiary/aromatic N) is 1. The quantitative estimate of drug-likeness (QED) is 0.490. The van der Waals surface area contributed by atoms with Crippen molar-refractivity contribution in [2.24, 2.45) is 12.8 Å². The molecule has 3 rings (SSSR count). The summed E-state index contributed by atoms with van der Waals surface area (Å²) in [7, 11) is 4.14. The summed E-state index contributed by atoms with van der Waals surface area (Å²) in [6, 6.07) is 6.61. The number of esters is 1. The zero-order chi connectivity index (χ0) is 22.9. The summed E-state index contributed by atoms with van der Waals surface area (Å²) in [5.41, 5.74) is 4.09. The van der Waals surface area contributed by atoms with Crippen LogP contribution in [0.5, 0.6) is 11.5 Å². The van der Waals surface area contributed by atoms with Crippen molar-refractivity contribution in [1.29, 1.82) is 0 Å². The molecule has 4 N–H and O–H groups in total. The Bertz CT molecular complexity index is 1310. The first-order chi connectivity index (χ1) is 14.7. The van der Waals surface area contributed by atoms with E-state index in [1.54, 1.807) is 18.2 Å². The van der Waals surface area contributed by atoms with Crippen LogP contribution in [0.4, 0.5) is 0 Å². The molecule has 0 aliphatic carbocycles. The third kappa shape index (κ3) is 3.87. The Kier molecular flexibility index (Phi) is 5.82. The third-order valence-electron chi connectivity index (χ3n) is 5.10. The maximum atomic E-state index is 13.2. The topological polar surface area (TPSA) is 154 Å². The van der Waals surface area contributed by atoms with Gasteiger partial charge in [-0.1, -0.05) is 0 Å². The summed E-state index contributed by atoms with van der Waals surface area (Å²) in [5.74, 6) is -3.03. The number of hydrogen-bond acceptors (Lipinski definition) is 7. The molecule has 0 bridgehead atoms. The molecule has 2 heterocycles. The van der Waals surface area contributed by atoms with E-state index in [4.69, 9.17) is 10.5 Å². The van der Waals surface area contributed by atoms with Gasteiger partial charge in [0.2, 0.25) is 5.91 Å². The van der Waals surface area contributed by atoms with Crippen molar-refractivity contribution in [2.75, 3.05) is 14.2 Å². The highest BCUT2D eigenvalue weighted by molar-refractivity contribution is 5.92. The molecule has 0 aliphatic heterocycles. The van der Waals surface area contributed by atoms with E-state index in [0.717, 1.165) is 13.3 Å². The molecule has 10 heteroatoms. The first kappa shape index (κ1) is 21.6. The molecule has 0 unspecified atom stereocenters. The van der Waals surface area contributed by atoms with Gasteiger partial charge >= 0.3 is 5.97 Å². The minimum Gasteiger partial charge on any atom is -0.506 e. The summed E-state index contributed by atoms with van der Waals surface area (Å²) in [5, 5.41) is 11.3. The summed E-state index contributed by atoms with van der Waals surface area (Å²) in [4.78, 5) is 51.9. The Balaban J connectivity index is 2.34. The van der Waals surface area contributed by atoms with Crippen LogP contribution in [-0.2, 0) is 16.6 Å². The maximum absolute atomic E-state index is 13.2. The molecule has 2 aromatic heterocycles. The van der Waals surface area contributed by atoms with Crippen LogP contribution in [0.2, 0.25) is 0 Å². The number of aromatic nitrogens is 2. The van der Waals surface area contributed by atoms with E-state index in [1.807, 2.05) is 0 Å². The number of nitrogens with two attached hydrogens (primary N) is 1. The average molecular weight is 427 g/mol. The molecule has 1 amide bonds. The lowest BCUT2D eigenvalue weighted by Gasteiger charge is -2.19. The van der Waals surface area contributed by atoms with Crippen LogP contribution >= 0.6 is 0 Å². The van der Waals surface area contributed by atoms with E-state index < -0.39 is 41.1 Å². The van der Waals surface area contributed by atoms with E-state index in [9.17, 15) is 24.3 Å². The fraction of sp³-hybridized carbons (Fsp3) is 0.238. The van der Waals surface area contributed by atoms with E-state index >= 15 is 0 Å². The minimum atomic E-state index is -1.20. The summed E-state index contributed by atoms with van der Waals surface area (Å²) >= 11 is 0. The van der Waals surface area contributed by atoms with Gasteiger partial charge in [-0.25, -0.2) is 4.79 Å². The van der Waals surface area contributed by atoms with Crippen LogP contribution in [0.1, 0.15) is 33.8 Å². The highest BCUT2D eigenvalue weighted by Crippen LogP contribution is 2.33. The first-order valence-electron chi connectivity index (χ1n) is 9.18. The molecule has 0 saturated carbocycles.